The quantitative estimate of drug-likeness (QED) is 0.248. The van der Waals surface area contributed by atoms with Crippen LogP contribution in [0.5, 0.6) is 5.75 Å². The van der Waals surface area contributed by atoms with Crippen LogP contribution in [-0.4, -0.2) is 54.7 Å². The van der Waals surface area contributed by atoms with E-state index in [2.05, 4.69) is 5.32 Å². The first-order valence-electron chi connectivity index (χ1n) is 12.1. The lowest BCUT2D eigenvalue weighted by Gasteiger charge is -2.26. The molecule has 2 N–H and O–H groups in total. The zero-order valence-electron chi connectivity index (χ0n) is 21.6. The zero-order chi connectivity index (χ0) is 30.1. The van der Waals surface area contributed by atoms with Crippen molar-refractivity contribution in [2.45, 2.75) is 44.8 Å². The molecule has 0 unspecified atom stereocenters. The third-order valence-electron chi connectivity index (χ3n) is 5.78. The Labute approximate surface area is 232 Å². The van der Waals surface area contributed by atoms with E-state index < -0.39 is 72.9 Å². The van der Waals surface area contributed by atoms with Gasteiger partial charge in [0.05, 0.1) is 6.04 Å². The van der Waals surface area contributed by atoms with Crippen molar-refractivity contribution in [3.63, 3.8) is 0 Å². The van der Waals surface area contributed by atoms with Crippen LogP contribution in [0.4, 0.5) is 22.0 Å². The number of rotatable bonds is 14. The van der Waals surface area contributed by atoms with Crippen molar-refractivity contribution in [3.05, 3.63) is 65.2 Å². The summed E-state index contributed by atoms with van der Waals surface area (Å²) >= 11 is 5.88. The van der Waals surface area contributed by atoms with Crippen LogP contribution < -0.4 is 15.4 Å². The Kier molecular flexibility index (Phi) is 11.6. The number of hydrogen-bond acceptors (Lipinski definition) is 5. The fourth-order valence-electron chi connectivity index (χ4n) is 3.66. The number of amides is 2. The first kappa shape index (κ1) is 32.7. The standard InChI is InChI=1S/C27H28ClF5N2O5/c1-16(2)20(24(38)27(32,33)25(39)34-15-26(29,30)31)13-22(36)21(11-17-7-4-3-5-8-17)35-23(37)14-40-19-10-6-9-18(28)12-19/h3-10,12,16,20-21H,11,13-15H2,1-2H3,(H,34,39)(H,35,37)/t20-,21-/m0/s1. The lowest BCUT2D eigenvalue weighted by Crippen LogP contribution is -2.52. The molecule has 2 aromatic carbocycles. The molecule has 0 aliphatic carbocycles. The summed E-state index contributed by atoms with van der Waals surface area (Å²) in [7, 11) is 0. The molecular weight excluding hydrogens is 563 g/mol. The molecule has 0 aliphatic heterocycles. The molecule has 2 amide bonds. The molecule has 0 saturated carbocycles. The number of ketones is 2. The molecule has 0 spiro atoms. The van der Waals surface area contributed by atoms with Gasteiger partial charge in [0.1, 0.15) is 12.3 Å². The topological polar surface area (TPSA) is 102 Å². The lowest BCUT2D eigenvalue weighted by molar-refractivity contribution is -0.167. The van der Waals surface area contributed by atoms with Gasteiger partial charge in [-0.2, -0.15) is 22.0 Å². The normalized spacial score (nSPS) is 13.3. The molecule has 2 rings (SSSR count). The summed E-state index contributed by atoms with van der Waals surface area (Å²) in [5, 5.41) is 3.85. The van der Waals surface area contributed by atoms with Crippen molar-refractivity contribution in [2.24, 2.45) is 11.8 Å². The van der Waals surface area contributed by atoms with E-state index in [-0.39, 0.29) is 12.2 Å². The average Bonchev–Trinajstić information content (AvgIpc) is 2.88. The van der Waals surface area contributed by atoms with Crippen LogP contribution in [-0.2, 0) is 25.6 Å². The van der Waals surface area contributed by atoms with Crippen LogP contribution >= 0.6 is 11.6 Å². The number of hydrogen-bond donors (Lipinski definition) is 2. The average molecular weight is 591 g/mol. The molecule has 0 fully saturated rings. The van der Waals surface area contributed by atoms with E-state index in [9.17, 15) is 41.1 Å². The Balaban J connectivity index is 2.19. The van der Waals surface area contributed by atoms with E-state index in [4.69, 9.17) is 16.3 Å². The van der Waals surface area contributed by atoms with E-state index in [0.29, 0.717) is 10.6 Å². The van der Waals surface area contributed by atoms with Gasteiger partial charge >= 0.3 is 12.1 Å². The molecule has 2 atom stereocenters. The number of benzene rings is 2. The number of nitrogens with one attached hydrogen (secondary N) is 2. The molecule has 0 aliphatic rings. The molecule has 0 heterocycles. The van der Waals surface area contributed by atoms with E-state index in [1.807, 2.05) is 0 Å². The summed E-state index contributed by atoms with van der Waals surface area (Å²) in [6, 6.07) is 13.4. The van der Waals surface area contributed by atoms with Crippen molar-refractivity contribution in [1.29, 1.82) is 0 Å². The molecule has 13 heteroatoms. The van der Waals surface area contributed by atoms with Crippen molar-refractivity contribution in [3.8, 4) is 5.75 Å². The fraction of sp³-hybridized carbons (Fsp3) is 0.407. The summed E-state index contributed by atoms with van der Waals surface area (Å²) in [6.45, 7) is 0.137. The molecule has 0 aromatic heterocycles. The van der Waals surface area contributed by atoms with Gasteiger partial charge in [-0.1, -0.05) is 61.8 Å². The zero-order valence-corrected chi connectivity index (χ0v) is 22.3. The lowest BCUT2D eigenvalue weighted by atomic mass is 9.82. The minimum Gasteiger partial charge on any atom is -0.484 e. The SMILES string of the molecule is CC(C)[C@H](CC(=O)[C@H](Cc1ccccc1)NC(=O)COc1cccc(Cl)c1)C(=O)C(F)(F)C(=O)NCC(F)(F)F. The Hall–Kier alpha value is -3.54. The third-order valence-corrected chi connectivity index (χ3v) is 6.01. The van der Waals surface area contributed by atoms with Crippen LogP contribution in [0.2, 0.25) is 5.02 Å². The summed E-state index contributed by atoms with van der Waals surface area (Å²) in [6.07, 6.45) is -5.82. The van der Waals surface area contributed by atoms with Crippen molar-refractivity contribution < 1.29 is 45.9 Å². The molecule has 0 saturated heterocycles. The van der Waals surface area contributed by atoms with Crippen LogP contribution in [0.25, 0.3) is 0 Å². The number of alkyl halides is 5. The van der Waals surface area contributed by atoms with Gasteiger partial charge in [-0.15, -0.1) is 0 Å². The van der Waals surface area contributed by atoms with E-state index in [0.717, 1.165) is 5.32 Å². The summed E-state index contributed by atoms with van der Waals surface area (Å²) in [4.78, 5) is 50.2. The van der Waals surface area contributed by atoms with Gasteiger partial charge in [-0.25, -0.2) is 0 Å². The summed E-state index contributed by atoms with van der Waals surface area (Å²) in [5.74, 6) is -13.1. The molecule has 218 valence electrons. The minimum absolute atomic E-state index is 0.0515. The summed E-state index contributed by atoms with van der Waals surface area (Å²) < 4.78 is 71.6. The third kappa shape index (κ3) is 10.2. The van der Waals surface area contributed by atoms with E-state index >= 15 is 0 Å². The van der Waals surface area contributed by atoms with Gasteiger partial charge in [-0.05, 0) is 36.1 Å². The fourth-order valence-corrected chi connectivity index (χ4v) is 3.84. The highest BCUT2D eigenvalue weighted by molar-refractivity contribution is 6.30. The van der Waals surface area contributed by atoms with Crippen molar-refractivity contribution in [2.75, 3.05) is 13.2 Å². The Morgan fingerprint density at radius 3 is 2.17 bits per heavy atom. The van der Waals surface area contributed by atoms with Gasteiger partial charge in [0.25, 0.3) is 11.8 Å². The second kappa shape index (κ2) is 14.2. The first-order chi connectivity index (χ1) is 18.6. The van der Waals surface area contributed by atoms with Gasteiger partial charge < -0.3 is 15.4 Å². The highest BCUT2D eigenvalue weighted by Crippen LogP contribution is 2.28. The second-order valence-corrected chi connectivity index (χ2v) is 9.75. The van der Waals surface area contributed by atoms with Gasteiger partial charge in [-0.3, -0.25) is 19.2 Å². The molecule has 2 aromatic rings. The van der Waals surface area contributed by atoms with Crippen LogP contribution in [0, 0.1) is 11.8 Å². The molecule has 7 nitrogen and oxygen atoms in total. The van der Waals surface area contributed by atoms with Gasteiger partial charge in [0.15, 0.2) is 12.4 Å². The van der Waals surface area contributed by atoms with Crippen LogP contribution in [0.3, 0.4) is 0 Å². The molecule has 0 bridgehead atoms. The van der Waals surface area contributed by atoms with Crippen molar-refractivity contribution in [1.82, 2.24) is 10.6 Å². The number of ether oxygens (including phenoxy) is 1. The highest BCUT2D eigenvalue weighted by atomic mass is 35.5. The molecule has 40 heavy (non-hydrogen) atoms. The predicted molar refractivity (Wildman–Crippen MR) is 136 cm³/mol. The first-order valence-corrected chi connectivity index (χ1v) is 12.5. The predicted octanol–water partition coefficient (Wildman–Crippen LogP) is 4.56. The monoisotopic (exact) mass is 590 g/mol. The number of carbonyl (C=O) groups is 4. The van der Waals surface area contributed by atoms with E-state index in [1.165, 1.54) is 19.9 Å². The van der Waals surface area contributed by atoms with Crippen LogP contribution in [0.1, 0.15) is 25.8 Å². The van der Waals surface area contributed by atoms with Crippen LogP contribution in [0.15, 0.2) is 54.6 Å². The smallest absolute Gasteiger partial charge is 0.405 e. The number of halogens is 6. The maximum absolute atomic E-state index is 14.6. The number of Topliss-reactive ketones (excluding diaryl/α,β-unsaturated/α-hetero) is 2. The Bertz CT molecular complexity index is 1190. The van der Waals surface area contributed by atoms with Gasteiger partial charge in [0, 0.05) is 17.4 Å². The minimum atomic E-state index is -4.97. The van der Waals surface area contributed by atoms with Gasteiger partial charge in [0.2, 0.25) is 5.78 Å². The highest BCUT2D eigenvalue weighted by Gasteiger charge is 2.51. The Morgan fingerprint density at radius 2 is 1.60 bits per heavy atom. The number of carbonyl (C=O) groups excluding carboxylic acids is 4. The Morgan fingerprint density at radius 1 is 0.950 bits per heavy atom. The molecule has 0 radical (unpaired) electrons. The van der Waals surface area contributed by atoms with E-state index in [1.54, 1.807) is 48.5 Å². The maximum atomic E-state index is 14.6. The largest absolute Gasteiger partial charge is 0.484 e. The van der Waals surface area contributed by atoms with Crippen molar-refractivity contribution >= 4 is 35.0 Å². The second-order valence-electron chi connectivity index (χ2n) is 9.31. The molecular formula is C27H28ClF5N2O5. The summed E-state index contributed by atoms with van der Waals surface area (Å²) in [5.41, 5.74) is 0.612. The maximum Gasteiger partial charge on any atom is 0.405 e.